The number of fused-ring (bicyclic) bond motifs is 1. The maximum absolute atomic E-state index is 5.02. The molecule has 3 rings (SSSR count). The Morgan fingerprint density at radius 1 is 1.32 bits per heavy atom. The zero-order valence-electron chi connectivity index (χ0n) is 10.4. The molecule has 0 aliphatic rings. The fraction of sp³-hybridized carbons (Fsp3) is 0.154. The van der Waals surface area contributed by atoms with Gasteiger partial charge in [-0.3, -0.25) is 4.98 Å². The van der Waals surface area contributed by atoms with Crippen molar-refractivity contribution in [3.8, 4) is 5.88 Å². The highest BCUT2D eigenvalue weighted by Gasteiger charge is 2.01. The first-order valence-corrected chi connectivity index (χ1v) is 5.87. The van der Waals surface area contributed by atoms with Crippen LogP contribution in [0.5, 0.6) is 5.88 Å². The first-order valence-electron chi connectivity index (χ1n) is 5.87. The number of hydrogen-bond donors (Lipinski definition) is 2. The molecule has 0 aliphatic carbocycles. The molecular formula is C13H13N5O. The average Bonchev–Trinajstić information content (AvgIpc) is 2.93. The molecule has 6 heteroatoms. The number of methoxy groups -OCH3 is 1. The van der Waals surface area contributed by atoms with Crippen LogP contribution in [0.1, 0.15) is 5.56 Å². The molecule has 3 heterocycles. The van der Waals surface area contributed by atoms with Crippen LogP contribution >= 0.6 is 0 Å². The molecule has 0 aromatic carbocycles. The molecule has 3 aromatic rings. The number of nitrogens with zero attached hydrogens (tertiary/aromatic N) is 3. The van der Waals surface area contributed by atoms with Gasteiger partial charge in [-0.25, -0.2) is 4.98 Å². The van der Waals surface area contributed by atoms with Crippen LogP contribution in [0.15, 0.2) is 36.9 Å². The number of ether oxygens (including phenoxy) is 1. The van der Waals surface area contributed by atoms with Crippen LogP contribution in [0, 0.1) is 0 Å². The van der Waals surface area contributed by atoms with E-state index >= 15 is 0 Å². The number of aromatic amines is 1. The van der Waals surface area contributed by atoms with Crippen molar-refractivity contribution in [3.63, 3.8) is 0 Å². The number of anilines is 1. The molecule has 96 valence electrons. The van der Waals surface area contributed by atoms with E-state index < -0.39 is 0 Å². The Balaban J connectivity index is 1.74. The Labute approximate surface area is 109 Å². The molecule has 3 aromatic heterocycles. The van der Waals surface area contributed by atoms with Gasteiger partial charge in [0.2, 0.25) is 5.88 Å². The van der Waals surface area contributed by atoms with Gasteiger partial charge in [-0.15, -0.1) is 0 Å². The molecule has 0 spiro atoms. The number of aromatic nitrogens is 4. The molecule has 0 bridgehead atoms. The molecule has 0 unspecified atom stereocenters. The SMILES string of the molecule is COc1cncc(NCc2cnc3[nH]ccc3c2)n1. The average molecular weight is 255 g/mol. The predicted molar refractivity (Wildman–Crippen MR) is 72.0 cm³/mol. The Kier molecular flexibility index (Phi) is 2.97. The Morgan fingerprint density at radius 3 is 3.16 bits per heavy atom. The first-order chi connectivity index (χ1) is 9.35. The molecule has 0 amide bonds. The second-order valence-corrected chi connectivity index (χ2v) is 4.06. The third-order valence-corrected chi connectivity index (χ3v) is 2.75. The molecule has 6 nitrogen and oxygen atoms in total. The lowest BCUT2D eigenvalue weighted by atomic mass is 10.2. The zero-order valence-corrected chi connectivity index (χ0v) is 10.4. The van der Waals surface area contributed by atoms with Crippen molar-refractivity contribution in [1.29, 1.82) is 0 Å². The van der Waals surface area contributed by atoms with Gasteiger partial charge in [0.15, 0.2) is 0 Å². The zero-order chi connectivity index (χ0) is 13.1. The summed E-state index contributed by atoms with van der Waals surface area (Å²) in [4.78, 5) is 15.7. The van der Waals surface area contributed by atoms with Crippen LogP contribution in [-0.2, 0) is 6.54 Å². The maximum Gasteiger partial charge on any atom is 0.233 e. The van der Waals surface area contributed by atoms with Crippen molar-refractivity contribution in [1.82, 2.24) is 19.9 Å². The number of H-pyrrole nitrogens is 1. The van der Waals surface area contributed by atoms with Crippen LogP contribution in [0.3, 0.4) is 0 Å². The van der Waals surface area contributed by atoms with Crippen molar-refractivity contribution in [2.75, 3.05) is 12.4 Å². The summed E-state index contributed by atoms with van der Waals surface area (Å²) >= 11 is 0. The van der Waals surface area contributed by atoms with Gasteiger partial charge < -0.3 is 15.0 Å². The standard InChI is InChI=1S/C13H13N5O/c1-19-12-8-14-7-11(18-12)16-5-9-4-10-2-3-15-13(10)17-6-9/h2-4,6-8H,5H2,1H3,(H,15,17)(H,16,18). The van der Waals surface area contributed by atoms with Crippen molar-refractivity contribution in [2.24, 2.45) is 0 Å². The Bertz CT molecular complexity index is 694. The number of pyridine rings is 1. The van der Waals surface area contributed by atoms with E-state index in [1.807, 2.05) is 18.5 Å². The summed E-state index contributed by atoms with van der Waals surface area (Å²) in [5, 5.41) is 4.28. The van der Waals surface area contributed by atoms with Crippen LogP contribution in [0.25, 0.3) is 11.0 Å². The normalized spacial score (nSPS) is 10.6. The Morgan fingerprint density at radius 2 is 2.26 bits per heavy atom. The largest absolute Gasteiger partial charge is 0.480 e. The second-order valence-electron chi connectivity index (χ2n) is 4.06. The van der Waals surface area contributed by atoms with E-state index in [0.717, 1.165) is 16.6 Å². The van der Waals surface area contributed by atoms with E-state index in [1.165, 1.54) is 0 Å². The van der Waals surface area contributed by atoms with E-state index in [0.29, 0.717) is 18.2 Å². The summed E-state index contributed by atoms with van der Waals surface area (Å²) in [5.41, 5.74) is 1.97. The minimum absolute atomic E-state index is 0.490. The summed E-state index contributed by atoms with van der Waals surface area (Å²) in [7, 11) is 1.57. The lowest BCUT2D eigenvalue weighted by molar-refractivity contribution is 0.396. The van der Waals surface area contributed by atoms with E-state index in [4.69, 9.17) is 4.74 Å². The molecule has 2 N–H and O–H groups in total. The highest BCUT2D eigenvalue weighted by Crippen LogP contribution is 2.13. The van der Waals surface area contributed by atoms with E-state index in [9.17, 15) is 0 Å². The minimum atomic E-state index is 0.490. The van der Waals surface area contributed by atoms with Gasteiger partial charge >= 0.3 is 0 Å². The topological polar surface area (TPSA) is 75.7 Å². The van der Waals surface area contributed by atoms with Gasteiger partial charge in [-0.2, -0.15) is 4.98 Å². The third-order valence-electron chi connectivity index (χ3n) is 2.75. The highest BCUT2D eigenvalue weighted by atomic mass is 16.5. The lowest BCUT2D eigenvalue weighted by Crippen LogP contribution is -2.03. The van der Waals surface area contributed by atoms with Crippen LogP contribution in [0.2, 0.25) is 0 Å². The number of hydrogen-bond acceptors (Lipinski definition) is 5. The van der Waals surface area contributed by atoms with E-state index in [2.05, 4.69) is 31.3 Å². The minimum Gasteiger partial charge on any atom is -0.480 e. The molecule has 0 aliphatic heterocycles. The maximum atomic E-state index is 5.02. The molecular weight excluding hydrogens is 242 g/mol. The van der Waals surface area contributed by atoms with Gasteiger partial charge in [0, 0.05) is 24.3 Å². The highest BCUT2D eigenvalue weighted by molar-refractivity contribution is 5.75. The molecule has 0 fully saturated rings. The summed E-state index contributed by atoms with van der Waals surface area (Å²) < 4.78 is 5.02. The van der Waals surface area contributed by atoms with Gasteiger partial charge in [-0.05, 0) is 17.7 Å². The fourth-order valence-corrected chi connectivity index (χ4v) is 1.81. The van der Waals surface area contributed by atoms with Gasteiger partial charge in [0.25, 0.3) is 0 Å². The molecule has 0 saturated carbocycles. The third kappa shape index (κ3) is 2.47. The van der Waals surface area contributed by atoms with Gasteiger partial charge in [0.05, 0.1) is 19.5 Å². The van der Waals surface area contributed by atoms with Crippen molar-refractivity contribution in [2.45, 2.75) is 6.54 Å². The quantitative estimate of drug-likeness (QED) is 0.745. The number of rotatable bonds is 4. The lowest BCUT2D eigenvalue weighted by Gasteiger charge is -2.06. The van der Waals surface area contributed by atoms with Crippen molar-refractivity contribution < 1.29 is 4.74 Å². The first kappa shape index (κ1) is 11.5. The Hall–Kier alpha value is -2.63. The summed E-state index contributed by atoms with van der Waals surface area (Å²) in [6, 6.07) is 4.08. The van der Waals surface area contributed by atoms with E-state index in [-0.39, 0.29) is 0 Å². The smallest absolute Gasteiger partial charge is 0.233 e. The van der Waals surface area contributed by atoms with E-state index in [1.54, 1.807) is 19.5 Å². The van der Waals surface area contributed by atoms with Crippen LogP contribution in [-0.4, -0.2) is 27.0 Å². The molecule has 0 radical (unpaired) electrons. The van der Waals surface area contributed by atoms with Crippen molar-refractivity contribution >= 4 is 16.9 Å². The van der Waals surface area contributed by atoms with Gasteiger partial charge in [-0.1, -0.05) is 0 Å². The monoisotopic (exact) mass is 255 g/mol. The fourth-order valence-electron chi connectivity index (χ4n) is 1.81. The molecule has 19 heavy (non-hydrogen) atoms. The summed E-state index contributed by atoms with van der Waals surface area (Å²) in [6.07, 6.45) is 6.94. The van der Waals surface area contributed by atoms with Crippen LogP contribution < -0.4 is 10.1 Å². The summed E-state index contributed by atoms with van der Waals surface area (Å²) in [6.45, 7) is 0.635. The second kappa shape index (κ2) is 4.93. The van der Waals surface area contributed by atoms with Gasteiger partial charge in [0.1, 0.15) is 11.5 Å². The summed E-state index contributed by atoms with van der Waals surface area (Å²) in [5.74, 6) is 1.16. The number of nitrogens with one attached hydrogen (secondary N) is 2. The molecule has 0 atom stereocenters. The van der Waals surface area contributed by atoms with Crippen molar-refractivity contribution in [3.05, 3.63) is 42.5 Å². The predicted octanol–water partition coefficient (Wildman–Crippen LogP) is 1.97. The molecule has 0 saturated heterocycles. The van der Waals surface area contributed by atoms with Crippen LogP contribution in [0.4, 0.5) is 5.82 Å².